The molecule has 3 amide bonds. The van der Waals surface area contributed by atoms with Crippen molar-refractivity contribution in [2.45, 2.75) is 71.4 Å². The molecule has 3 atom stereocenters. The second-order valence-corrected chi connectivity index (χ2v) is 10.1. The summed E-state index contributed by atoms with van der Waals surface area (Å²) in [5.74, 6) is -0.870. The topological polar surface area (TPSA) is 136 Å². The summed E-state index contributed by atoms with van der Waals surface area (Å²) < 4.78 is 16.8. The van der Waals surface area contributed by atoms with E-state index in [1.165, 1.54) is 0 Å². The number of aryl methyl sites for hydroxylation is 2. The maximum atomic E-state index is 12.7. The Hall–Kier alpha value is -3.40. The van der Waals surface area contributed by atoms with Gasteiger partial charge in [-0.2, -0.15) is 0 Å². The number of rotatable bonds is 11. The Labute approximate surface area is 221 Å². The summed E-state index contributed by atoms with van der Waals surface area (Å²) in [6.07, 6.45) is 5.11. The lowest BCUT2D eigenvalue weighted by atomic mass is 9.98. The summed E-state index contributed by atoms with van der Waals surface area (Å²) in [5.41, 5.74) is 2.59. The summed E-state index contributed by atoms with van der Waals surface area (Å²) in [6, 6.07) is 2.91. The third-order valence-corrected chi connectivity index (χ3v) is 7.49. The molecule has 4 rings (SSSR count). The summed E-state index contributed by atoms with van der Waals surface area (Å²) in [7, 11) is 0. The summed E-state index contributed by atoms with van der Waals surface area (Å²) in [5, 5.41) is 9.04. The van der Waals surface area contributed by atoms with E-state index in [1.54, 1.807) is 13.0 Å². The molecule has 0 unspecified atom stereocenters. The first-order chi connectivity index (χ1) is 18.3. The molecule has 0 spiro atoms. The fourth-order valence-corrected chi connectivity index (χ4v) is 5.05. The Morgan fingerprint density at radius 1 is 1.11 bits per heavy atom. The predicted octanol–water partition coefficient (Wildman–Crippen LogP) is 1.91. The van der Waals surface area contributed by atoms with Crippen molar-refractivity contribution in [1.82, 2.24) is 16.0 Å². The monoisotopic (exact) mass is 527 g/mol. The first-order valence-corrected chi connectivity index (χ1v) is 13.4. The van der Waals surface area contributed by atoms with Gasteiger partial charge < -0.3 is 29.8 Å². The van der Waals surface area contributed by atoms with E-state index in [1.807, 2.05) is 19.9 Å². The highest BCUT2D eigenvalue weighted by Crippen LogP contribution is 2.32. The second-order valence-electron chi connectivity index (χ2n) is 10.1. The van der Waals surface area contributed by atoms with Crippen molar-refractivity contribution in [2.75, 3.05) is 26.3 Å². The molecule has 206 valence electrons. The molecular weight excluding hydrogens is 490 g/mol. The predicted molar refractivity (Wildman–Crippen MR) is 141 cm³/mol. The molecule has 2 aromatic rings. The molecule has 1 aliphatic carbocycles. The van der Waals surface area contributed by atoms with Crippen LogP contribution in [0.4, 0.5) is 0 Å². The molecule has 1 aromatic heterocycles. The number of hydrogen-bond donors (Lipinski definition) is 3. The Balaban J connectivity index is 1.28. The number of ether oxygens (including phenoxy) is 2. The minimum absolute atomic E-state index is 0.00888. The van der Waals surface area contributed by atoms with Gasteiger partial charge in [-0.25, -0.2) is 4.79 Å². The molecule has 2 aliphatic rings. The normalized spacial score (nSPS) is 18.0. The number of benzene rings is 1. The lowest BCUT2D eigenvalue weighted by molar-refractivity contribution is -0.131. The van der Waals surface area contributed by atoms with Crippen LogP contribution in [0.25, 0.3) is 11.0 Å². The van der Waals surface area contributed by atoms with Crippen LogP contribution in [0.2, 0.25) is 0 Å². The second kappa shape index (κ2) is 12.4. The van der Waals surface area contributed by atoms with Gasteiger partial charge in [0.15, 0.2) is 6.61 Å². The fourth-order valence-electron chi connectivity index (χ4n) is 5.05. The van der Waals surface area contributed by atoms with E-state index in [-0.39, 0.29) is 36.7 Å². The smallest absolute Gasteiger partial charge is 0.339 e. The Morgan fingerprint density at radius 3 is 2.63 bits per heavy atom. The van der Waals surface area contributed by atoms with Crippen molar-refractivity contribution in [3.8, 4) is 5.75 Å². The number of fused-ring (bicyclic) bond motifs is 3. The van der Waals surface area contributed by atoms with E-state index in [4.69, 9.17) is 13.9 Å². The van der Waals surface area contributed by atoms with Gasteiger partial charge in [-0.1, -0.05) is 20.3 Å². The van der Waals surface area contributed by atoms with Gasteiger partial charge in [0.05, 0.1) is 12.6 Å². The maximum absolute atomic E-state index is 12.7. The van der Waals surface area contributed by atoms with E-state index in [9.17, 15) is 19.2 Å². The standard InChI is InChI=1S/C28H37N3O7/c1-4-16(2)25(27(34)30-13-18-7-6-12-36-18)31-23(32)14-29-24(33)15-37-22-11-10-20-19-8-5-9-21(19)28(35)38-26(20)17(22)3/h10-11,16,18,25H,4-9,12-15H2,1-3H3,(H,29,33)(H,30,34)(H,31,32)/t16-,18-,25-/m0/s1. The molecule has 0 bridgehead atoms. The molecule has 2 heterocycles. The van der Waals surface area contributed by atoms with Crippen LogP contribution in [0, 0.1) is 12.8 Å². The van der Waals surface area contributed by atoms with Gasteiger partial charge >= 0.3 is 5.63 Å². The van der Waals surface area contributed by atoms with Crippen molar-refractivity contribution in [3.63, 3.8) is 0 Å². The van der Waals surface area contributed by atoms with Crippen LogP contribution in [-0.2, 0) is 32.0 Å². The summed E-state index contributed by atoms with van der Waals surface area (Å²) in [6.45, 7) is 6.14. The van der Waals surface area contributed by atoms with Crippen molar-refractivity contribution >= 4 is 28.7 Å². The van der Waals surface area contributed by atoms with Crippen LogP contribution in [-0.4, -0.2) is 56.2 Å². The van der Waals surface area contributed by atoms with Crippen molar-refractivity contribution < 1.29 is 28.3 Å². The molecular formula is C28H37N3O7. The molecule has 38 heavy (non-hydrogen) atoms. The van der Waals surface area contributed by atoms with Gasteiger partial charge in [-0.3, -0.25) is 14.4 Å². The zero-order valence-electron chi connectivity index (χ0n) is 22.3. The molecule has 1 saturated heterocycles. The highest BCUT2D eigenvalue weighted by Gasteiger charge is 2.27. The Kier molecular flexibility index (Phi) is 9.04. The SMILES string of the molecule is CC[C@H](C)[C@H](NC(=O)CNC(=O)COc1ccc2c3c(c(=O)oc2c1C)CCC3)C(=O)NC[C@@H]1CCCO1. The lowest BCUT2D eigenvalue weighted by Crippen LogP contribution is -2.53. The average Bonchev–Trinajstić information content (AvgIpc) is 3.62. The lowest BCUT2D eigenvalue weighted by Gasteiger charge is -2.24. The van der Waals surface area contributed by atoms with E-state index < -0.39 is 17.9 Å². The van der Waals surface area contributed by atoms with Gasteiger partial charge in [0.25, 0.3) is 5.91 Å². The third-order valence-electron chi connectivity index (χ3n) is 7.49. The van der Waals surface area contributed by atoms with Gasteiger partial charge in [0, 0.05) is 29.7 Å². The van der Waals surface area contributed by atoms with Crippen LogP contribution >= 0.6 is 0 Å². The Morgan fingerprint density at radius 2 is 1.89 bits per heavy atom. The zero-order valence-corrected chi connectivity index (χ0v) is 22.3. The molecule has 3 N–H and O–H groups in total. The number of hydrogen-bond acceptors (Lipinski definition) is 7. The first kappa shape index (κ1) is 27.6. The number of carbonyl (C=O) groups excluding carboxylic acids is 3. The number of carbonyl (C=O) groups is 3. The van der Waals surface area contributed by atoms with E-state index >= 15 is 0 Å². The molecule has 0 saturated carbocycles. The third kappa shape index (κ3) is 6.35. The quantitative estimate of drug-likeness (QED) is 0.380. The first-order valence-electron chi connectivity index (χ1n) is 13.4. The minimum atomic E-state index is -0.710. The number of nitrogens with one attached hydrogen (secondary N) is 3. The van der Waals surface area contributed by atoms with Crippen LogP contribution in [0.3, 0.4) is 0 Å². The zero-order chi connectivity index (χ0) is 27.2. The van der Waals surface area contributed by atoms with E-state index in [0.29, 0.717) is 36.5 Å². The summed E-state index contributed by atoms with van der Waals surface area (Å²) in [4.78, 5) is 50.0. The average molecular weight is 528 g/mol. The highest BCUT2D eigenvalue weighted by atomic mass is 16.5. The summed E-state index contributed by atoms with van der Waals surface area (Å²) >= 11 is 0. The Bertz CT molecular complexity index is 1250. The molecule has 10 heteroatoms. The van der Waals surface area contributed by atoms with Gasteiger partial charge in [-0.15, -0.1) is 0 Å². The maximum Gasteiger partial charge on any atom is 0.339 e. The fraction of sp³-hybridized carbons (Fsp3) is 0.571. The molecule has 1 aliphatic heterocycles. The molecule has 1 aromatic carbocycles. The van der Waals surface area contributed by atoms with Crippen molar-refractivity contribution in [2.24, 2.45) is 5.92 Å². The number of amides is 3. The highest BCUT2D eigenvalue weighted by molar-refractivity contribution is 5.90. The van der Waals surface area contributed by atoms with Gasteiger partial charge in [0.1, 0.15) is 17.4 Å². The molecule has 1 fully saturated rings. The molecule has 10 nitrogen and oxygen atoms in total. The molecule has 0 radical (unpaired) electrons. The van der Waals surface area contributed by atoms with Crippen molar-refractivity contribution in [1.29, 1.82) is 0 Å². The van der Waals surface area contributed by atoms with Crippen LogP contribution in [0.5, 0.6) is 5.75 Å². The van der Waals surface area contributed by atoms with Crippen molar-refractivity contribution in [3.05, 3.63) is 39.2 Å². The van der Waals surface area contributed by atoms with Crippen LogP contribution in [0.15, 0.2) is 21.3 Å². The van der Waals surface area contributed by atoms with E-state index in [2.05, 4.69) is 16.0 Å². The van der Waals surface area contributed by atoms with Crippen LogP contribution < -0.4 is 26.3 Å². The van der Waals surface area contributed by atoms with Gasteiger partial charge in [-0.05, 0) is 62.6 Å². The minimum Gasteiger partial charge on any atom is -0.483 e. The van der Waals surface area contributed by atoms with E-state index in [0.717, 1.165) is 48.6 Å². The van der Waals surface area contributed by atoms with Gasteiger partial charge in [0.2, 0.25) is 11.8 Å². The van der Waals surface area contributed by atoms with Crippen LogP contribution in [0.1, 0.15) is 56.2 Å². The largest absolute Gasteiger partial charge is 0.483 e.